The Bertz CT molecular complexity index is 1220. The van der Waals surface area contributed by atoms with E-state index in [2.05, 4.69) is 40.0 Å². The van der Waals surface area contributed by atoms with Gasteiger partial charge in [-0.05, 0) is 34.6 Å². The lowest BCUT2D eigenvalue weighted by Crippen LogP contribution is -2.42. The molecule has 1 heterocycles. The van der Waals surface area contributed by atoms with E-state index in [0.717, 1.165) is 35.1 Å². The van der Waals surface area contributed by atoms with Gasteiger partial charge in [-0.2, -0.15) is 5.10 Å². The first kappa shape index (κ1) is 22.6. The number of ether oxygens (including phenoxy) is 1. The van der Waals surface area contributed by atoms with Gasteiger partial charge < -0.3 is 15.2 Å². The number of hydrogen-bond acceptors (Lipinski definition) is 5. The minimum absolute atomic E-state index is 0.0441. The van der Waals surface area contributed by atoms with Crippen LogP contribution < -0.4 is 10.6 Å². The molecule has 1 atom stereocenters. The molecule has 3 aromatic rings. The van der Waals surface area contributed by atoms with Gasteiger partial charge in [0.15, 0.2) is 0 Å². The molecule has 0 bridgehead atoms. The van der Waals surface area contributed by atoms with E-state index in [1.807, 2.05) is 24.3 Å². The predicted octanol–water partition coefficient (Wildman–Crippen LogP) is 3.61. The van der Waals surface area contributed by atoms with Crippen LogP contribution in [0.2, 0.25) is 0 Å². The van der Waals surface area contributed by atoms with Gasteiger partial charge in [0, 0.05) is 12.1 Å². The van der Waals surface area contributed by atoms with Crippen molar-refractivity contribution in [2.75, 3.05) is 11.9 Å². The highest BCUT2D eigenvalue weighted by atomic mass is 16.5. The second-order valence-electron chi connectivity index (χ2n) is 9.01. The van der Waals surface area contributed by atoms with Crippen LogP contribution in [0.1, 0.15) is 36.3 Å². The van der Waals surface area contributed by atoms with Crippen LogP contribution in [0.5, 0.6) is 0 Å². The number of nitrogens with one attached hydrogen (secondary N) is 2. The summed E-state index contributed by atoms with van der Waals surface area (Å²) in [5.74, 6) is -1.16. The number of aliphatic carboxylic acids is 1. The molecule has 2 aliphatic rings. The van der Waals surface area contributed by atoms with Gasteiger partial charge in [-0.15, -0.1) is 0 Å². The van der Waals surface area contributed by atoms with Crippen molar-refractivity contribution >= 4 is 23.7 Å². The van der Waals surface area contributed by atoms with Gasteiger partial charge in [0.1, 0.15) is 19.2 Å². The average molecular weight is 475 g/mol. The zero-order valence-corrected chi connectivity index (χ0v) is 19.0. The third kappa shape index (κ3) is 5.18. The maximum atomic E-state index is 12.4. The molecular formula is C26H26N4O5. The van der Waals surface area contributed by atoms with Gasteiger partial charge >= 0.3 is 12.1 Å². The molecule has 5 rings (SSSR count). The highest BCUT2D eigenvalue weighted by Gasteiger charge is 2.31. The second kappa shape index (κ2) is 9.61. The van der Waals surface area contributed by atoms with Crippen molar-refractivity contribution in [3.05, 3.63) is 72.1 Å². The fourth-order valence-electron chi connectivity index (χ4n) is 4.56. The molecule has 1 saturated carbocycles. The summed E-state index contributed by atoms with van der Waals surface area (Å²) in [6.07, 6.45) is 4.74. The Labute approximate surface area is 202 Å². The van der Waals surface area contributed by atoms with Gasteiger partial charge in [-0.1, -0.05) is 61.4 Å². The maximum absolute atomic E-state index is 12.4. The van der Waals surface area contributed by atoms with E-state index in [4.69, 9.17) is 4.74 Å². The molecule has 2 aliphatic carbocycles. The molecule has 1 fully saturated rings. The van der Waals surface area contributed by atoms with Gasteiger partial charge in [-0.25, -0.2) is 9.59 Å². The number of benzene rings is 2. The van der Waals surface area contributed by atoms with Crippen molar-refractivity contribution in [3.8, 4) is 11.1 Å². The number of amides is 2. The van der Waals surface area contributed by atoms with E-state index in [0.29, 0.717) is 18.0 Å². The Balaban J connectivity index is 1.14. The van der Waals surface area contributed by atoms with Crippen LogP contribution in [0.15, 0.2) is 60.9 Å². The molecule has 180 valence electrons. The number of carbonyl (C=O) groups is 3. The van der Waals surface area contributed by atoms with Crippen molar-refractivity contribution in [3.63, 3.8) is 0 Å². The molecule has 2 amide bonds. The quantitative estimate of drug-likeness (QED) is 0.435. The van der Waals surface area contributed by atoms with Crippen LogP contribution in [-0.4, -0.2) is 45.5 Å². The lowest BCUT2D eigenvalue weighted by atomic mass is 9.98. The number of anilines is 1. The first-order valence-electron chi connectivity index (χ1n) is 11.6. The Morgan fingerprint density at radius 2 is 1.71 bits per heavy atom. The summed E-state index contributed by atoms with van der Waals surface area (Å²) >= 11 is 0. The highest BCUT2D eigenvalue weighted by molar-refractivity contribution is 5.85. The second-order valence-corrected chi connectivity index (χ2v) is 9.01. The zero-order chi connectivity index (χ0) is 24.4. The predicted molar refractivity (Wildman–Crippen MR) is 128 cm³/mol. The number of rotatable bonds is 9. The van der Waals surface area contributed by atoms with Crippen LogP contribution >= 0.6 is 0 Å². The Morgan fingerprint density at radius 3 is 2.34 bits per heavy atom. The van der Waals surface area contributed by atoms with Crippen LogP contribution in [-0.2, 0) is 20.9 Å². The first-order chi connectivity index (χ1) is 17.0. The summed E-state index contributed by atoms with van der Waals surface area (Å²) in [6, 6.07) is 15.3. The molecule has 0 radical (unpaired) electrons. The van der Waals surface area contributed by atoms with Crippen molar-refractivity contribution < 1.29 is 24.2 Å². The molecule has 0 aliphatic heterocycles. The number of aromatic nitrogens is 2. The van der Waals surface area contributed by atoms with E-state index in [1.54, 1.807) is 0 Å². The maximum Gasteiger partial charge on any atom is 0.411 e. The molecule has 0 saturated heterocycles. The molecule has 3 N–H and O–H groups in total. The van der Waals surface area contributed by atoms with Crippen LogP contribution in [0.25, 0.3) is 11.1 Å². The van der Waals surface area contributed by atoms with E-state index in [-0.39, 0.29) is 19.1 Å². The minimum atomic E-state index is -1.04. The zero-order valence-electron chi connectivity index (χ0n) is 19.0. The summed E-state index contributed by atoms with van der Waals surface area (Å²) in [5, 5.41) is 18.6. The summed E-state index contributed by atoms with van der Waals surface area (Å²) in [4.78, 5) is 36.1. The molecule has 1 unspecified atom stereocenters. The van der Waals surface area contributed by atoms with E-state index in [1.165, 1.54) is 17.1 Å². The van der Waals surface area contributed by atoms with Gasteiger partial charge in [-0.3, -0.25) is 14.8 Å². The van der Waals surface area contributed by atoms with Crippen molar-refractivity contribution in [1.82, 2.24) is 15.1 Å². The summed E-state index contributed by atoms with van der Waals surface area (Å²) in [5.41, 5.74) is 4.93. The van der Waals surface area contributed by atoms with Crippen molar-refractivity contribution in [2.45, 2.75) is 37.8 Å². The topological polar surface area (TPSA) is 123 Å². The van der Waals surface area contributed by atoms with Crippen LogP contribution in [0, 0.1) is 5.92 Å². The molecule has 35 heavy (non-hydrogen) atoms. The number of carboxylic acid groups (broad SMARTS) is 1. The Morgan fingerprint density at radius 1 is 1.06 bits per heavy atom. The average Bonchev–Trinajstić information content (AvgIpc) is 3.47. The molecule has 1 aromatic heterocycles. The van der Waals surface area contributed by atoms with E-state index < -0.39 is 24.0 Å². The molecule has 2 aromatic carbocycles. The lowest BCUT2D eigenvalue weighted by molar-refractivity contribution is -0.142. The monoisotopic (exact) mass is 474 g/mol. The molecular weight excluding hydrogens is 448 g/mol. The van der Waals surface area contributed by atoms with Crippen LogP contribution in [0.4, 0.5) is 10.5 Å². The fourth-order valence-corrected chi connectivity index (χ4v) is 4.56. The third-order valence-electron chi connectivity index (χ3n) is 6.43. The molecule has 0 spiro atoms. The van der Waals surface area contributed by atoms with Gasteiger partial charge in [0.05, 0.1) is 11.9 Å². The standard InChI is InChI=1S/C26H26N4O5/c31-24(29-23(25(32)33)11-16-9-10-16)14-30-13-17(12-27-30)28-26(34)35-15-22-20-7-3-1-5-18(20)19-6-2-4-8-21(19)22/h1-8,12-13,16,22-23H,9-11,14-15H2,(H,28,34)(H,29,31)(H,32,33). The van der Waals surface area contributed by atoms with Crippen molar-refractivity contribution in [2.24, 2.45) is 5.92 Å². The molecule has 9 nitrogen and oxygen atoms in total. The van der Waals surface area contributed by atoms with Crippen LogP contribution in [0.3, 0.4) is 0 Å². The summed E-state index contributed by atoms with van der Waals surface area (Å²) in [6.45, 7) is 0.0365. The van der Waals surface area contributed by atoms with Crippen molar-refractivity contribution in [1.29, 1.82) is 0 Å². The van der Waals surface area contributed by atoms with Gasteiger partial charge in [0.25, 0.3) is 0 Å². The SMILES string of the molecule is O=C(Cn1cc(NC(=O)OCC2c3ccccc3-c3ccccc32)cn1)NC(CC1CC1)C(=O)O. The summed E-state index contributed by atoms with van der Waals surface area (Å²) < 4.78 is 6.86. The highest BCUT2D eigenvalue weighted by Crippen LogP contribution is 2.44. The van der Waals surface area contributed by atoms with E-state index in [9.17, 15) is 19.5 Å². The number of carboxylic acids is 1. The number of nitrogens with zero attached hydrogens (tertiary/aromatic N) is 2. The minimum Gasteiger partial charge on any atom is -0.480 e. The molecule has 9 heteroatoms. The fraction of sp³-hybridized carbons (Fsp3) is 0.308. The Hall–Kier alpha value is -4.14. The van der Waals surface area contributed by atoms with E-state index >= 15 is 0 Å². The smallest absolute Gasteiger partial charge is 0.411 e. The number of hydrogen-bond donors (Lipinski definition) is 3. The van der Waals surface area contributed by atoms with Gasteiger partial charge in [0.2, 0.25) is 5.91 Å². The first-order valence-corrected chi connectivity index (χ1v) is 11.6. The number of fused-ring (bicyclic) bond motifs is 3. The largest absolute Gasteiger partial charge is 0.480 e. The third-order valence-corrected chi connectivity index (χ3v) is 6.43. The summed E-state index contributed by atoms with van der Waals surface area (Å²) in [7, 11) is 0. The Kier molecular flexibility index (Phi) is 6.22. The lowest BCUT2D eigenvalue weighted by Gasteiger charge is -2.14. The normalized spacial score (nSPS) is 15.1. The number of carbonyl (C=O) groups excluding carboxylic acids is 2.